The average Bonchev–Trinajstić information content (AvgIpc) is 2.58. The maximum atomic E-state index is 6.10. The number of nitrogens with zero attached hydrogens (tertiary/aromatic N) is 2. The Hall–Kier alpha value is -1.55. The van der Waals surface area contributed by atoms with Gasteiger partial charge in [0.1, 0.15) is 0 Å². The molecule has 3 rings (SSSR count). The lowest BCUT2D eigenvalue weighted by Crippen LogP contribution is -2.52. The van der Waals surface area contributed by atoms with Crippen molar-refractivity contribution in [3.63, 3.8) is 0 Å². The number of hydrogen-bond acceptors (Lipinski definition) is 4. The Bertz CT molecular complexity index is 436. The van der Waals surface area contributed by atoms with Crippen LogP contribution in [0.4, 0.5) is 5.69 Å². The summed E-state index contributed by atoms with van der Waals surface area (Å²) in [6, 6.07) is 10.3. The van der Waals surface area contributed by atoms with Gasteiger partial charge in [-0.1, -0.05) is 18.2 Å². The highest BCUT2D eigenvalue weighted by Crippen LogP contribution is 2.36. The fourth-order valence-corrected chi connectivity index (χ4v) is 2.97. The summed E-state index contributed by atoms with van der Waals surface area (Å²) < 4.78 is 5.58. The lowest BCUT2D eigenvalue weighted by Gasteiger charge is -2.38. The molecule has 4 heteroatoms. The van der Waals surface area contributed by atoms with Crippen molar-refractivity contribution in [2.75, 3.05) is 24.7 Å². The van der Waals surface area contributed by atoms with Crippen molar-refractivity contribution in [2.24, 2.45) is 10.7 Å². The number of rotatable bonds is 1. The Balaban J connectivity index is 1.95. The second-order valence-electron chi connectivity index (χ2n) is 5.04. The number of para-hydroxylation sites is 1. The monoisotopic (exact) mass is 245 g/mol. The zero-order chi connectivity index (χ0) is 12.4. The predicted molar refractivity (Wildman–Crippen MR) is 72.8 cm³/mol. The number of anilines is 1. The molecule has 1 atom stereocenters. The van der Waals surface area contributed by atoms with E-state index in [1.54, 1.807) is 0 Å². The highest BCUT2D eigenvalue weighted by molar-refractivity contribution is 5.98. The van der Waals surface area contributed by atoms with Crippen molar-refractivity contribution in [1.29, 1.82) is 0 Å². The first kappa shape index (κ1) is 11.5. The molecule has 96 valence electrons. The molecule has 0 aromatic heterocycles. The highest BCUT2D eigenvalue weighted by atomic mass is 16.5. The number of hydrogen-bond donors (Lipinski definition) is 1. The Kier molecular flexibility index (Phi) is 2.96. The summed E-state index contributed by atoms with van der Waals surface area (Å²) in [6.07, 6.45) is 3.16. The smallest absolute Gasteiger partial charge is 0.196 e. The van der Waals surface area contributed by atoms with Gasteiger partial charge in [-0.25, -0.2) is 0 Å². The highest BCUT2D eigenvalue weighted by Gasteiger charge is 2.43. The van der Waals surface area contributed by atoms with E-state index in [0.717, 1.165) is 44.7 Å². The molecule has 1 unspecified atom stereocenters. The van der Waals surface area contributed by atoms with Crippen LogP contribution in [0.1, 0.15) is 19.3 Å². The Morgan fingerprint density at radius 3 is 2.83 bits per heavy atom. The van der Waals surface area contributed by atoms with Gasteiger partial charge >= 0.3 is 0 Å². The van der Waals surface area contributed by atoms with Gasteiger partial charge in [0.25, 0.3) is 0 Å². The van der Waals surface area contributed by atoms with Crippen LogP contribution in [0.2, 0.25) is 0 Å². The minimum absolute atomic E-state index is 0.0297. The molecule has 1 spiro atoms. The van der Waals surface area contributed by atoms with E-state index in [2.05, 4.69) is 22.0 Å². The summed E-state index contributed by atoms with van der Waals surface area (Å²) >= 11 is 0. The van der Waals surface area contributed by atoms with E-state index in [0.29, 0.717) is 5.96 Å². The first-order valence-electron chi connectivity index (χ1n) is 6.55. The third-order valence-corrected chi connectivity index (χ3v) is 3.90. The molecule has 2 aliphatic rings. The summed E-state index contributed by atoms with van der Waals surface area (Å²) in [7, 11) is 0. The van der Waals surface area contributed by atoms with Crippen LogP contribution in [0.3, 0.4) is 0 Å². The van der Waals surface area contributed by atoms with Crippen molar-refractivity contribution in [1.82, 2.24) is 0 Å². The van der Waals surface area contributed by atoms with E-state index in [9.17, 15) is 0 Å². The molecule has 0 radical (unpaired) electrons. The van der Waals surface area contributed by atoms with Gasteiger partial charge in [0, 0.05) is 18.9 Å². The molecule has 0 aliphatic carbocycles. The first-order valence-corrected chi connectivity index (χ1v) is 6.55. The Labute approximate surface area is 107 Å². The van der Waals surface area contributed by atoms with Crippen molar-refractivity contribution >= 4 is 11.6 Å². The van der Waals surface area contributed by atoms with Crippen LogP contribution in [-0.2, 0) is 4.74 Å². The van der Waals surface area contributed by atoms with Crippen molar-refractivity contribution < 1.29 is 4.74 Å². The molecule has 0 amide bonds. The summed E-state index contributed by atoms with van der Waals surface area (Å²) in [5, 5.41) is 0. The third-order valence-electron chi connectivity index (χ3n) is 3.90. The number of aliphatic imine (C=N–C) groups is 1. The molecule has 1 fully saturated rings. The largest absolute Gasteiger partial charge is 0.381 e. The molecule has 2 aliphatic heterocycles. The molecule has 18 heavy (non-hydrogen) atoms. The maximum absolute atomic E-state index is 6.10. The van der Waals surface area contributed by atoms with Crippen LogP contribution in [0.5, 0.6) is 0 Å². The molecule has 1 aromatic carbocycles. The summed E-state index contributed by atoms with van der Waals surface area (Å²) in [4.78, 5) is 6.69. The SMILES string of the molecule is NC1=NCC2(CCCOCC2)N1c1ccccc1. The molecule has 1 saturated heterocycles. The molecule has 0 bridgehead atoms. The molecule has 2 N–H and O–H groups in total. The van der Waals surface area contributed by atoms with Crippen LogP contribution >= 0.6 is 0 Å². The number of nitrogens with two attached hydrogens (primary N) is 1. The fourth-order valence-electron chi connectivity index (χ4n) is 2.97. The molecular weight excluding hydrogens is 226 g/mol. The lowest BCUT2D eigenvalue weighted by molar-refractivity contribution is 0.140. The van der Waals surface area contributed by atoms with E-state index in [4.69, 9.17) is 10.5 Å². The fraction of sp³-hybridized carbons (Fsp3) is 0.500. The number of guanidine groups is 1. The Morgan fingerprint density at radius 1 is 1.17 bits per heavy atom. The maximum Gasteiger partial charge on any atom is 0.196 e. The van der Waals surface area contributed by atoms with Crippen LogP contribution < -0.4 is 10.6 Å². The van der Waals surface area contributed by atoms with Crippen molar-refractivity contribution in [2.45, 2.75) is 24.8 Å². The molecule has 1 aromatic rings. The van der Waals surface area contributed by atoms with Gasteiger partial charge in [-0.3, -0.25) is 4.99 Å². The quantitative estimate of drug-likeness (QED) is 0.820. The van der Waals surface area contributed by atoms with Gasteiger partial charge in [-0.15, -0.1) is 0 Å². The molecule has 2 heterocycles. The van der Waals surface area contributed by atoms with Gasteiger partial charge in [-0.2, -0.15) is 0 Å². The summed E-state index contributed by atoms with van der Waals surface area (Å²) in [6.45, 7) is 2.44. The second-order valence-corrected chi connectivity index (χ2v) is 5.04. The van der Waals surface area contributed by atoms with Gasteiger partial charge in [0.05, 0.1) is 12.1 Å². The standard InChI is InChI=1S/C14H19N3O/c15-13-16-11-14(7-4-9-18-10-8-14)17(13)12-5-2-1-3-6-12/h1-3,5-6H,4,7-11H2,(H2,15,16). The van der Waals surface area contributed by atoms with E-state index >= 15 is 0 Å². The van der Waals surface area contributed by atoms with Gasteiger partial charge in [-0.05, 0) is 31.4 Å². The van der Waals surface area contributed by atoms with Crippen LogP contribution in [0.25, 0.3) is 0 Å². The van der Waals surface area contributed by atoms with Crippen LogP contribution in [0.15, 0.2) is 35.3 Å². The lowest BCUT2D eigenvalue weighted by atomic mass is 9.89. The van der Waals surface area contributed by atoms with Crippen LogP contribution in [0, 0.1) is 0 Å². The van der Waals surface area contributed by atoms with Gasteiger partial charge in [0.15, 0.2) is 5.96 Å². The summed E-state index contributed by atoms with van der Waals surface area (Å²) in [5.41, 5.74) is 7.27. The van der Waals surface area contributed by atoms with Crippen molar-refractivity contribution in [3.05, 3.63) is 30.3 Å². The van der Waals surface area contributed by atoms with E-state index in [1.165, 1.54) is 0 Å². The van der Waals surface area contributed by atoms with Gasteiger partial charge < -0.3 is 15.4 Å². The van der Waals surface area contributed by atoms with E-state index < -0.39 is 0 Å². The molecular formula is C14H19N3O. The minimum Gasteiger partial charge on any atom is -0.381 e. The average molecular weight is 245 g/mol. The van der Waals surface area contributed by atoms with Crippen molar-refractivity contribution in [3.8, 4) is 0 Å². The predicted octanol–water partition coefficient (Wildman–Crippen LogP) is 1.76. The van der Waals surface area contributed by atoms with E-state index in [-0.39, 0.29) is 5.54 Å². The second kappa shape index (κ2) is 4.61. The van der Waals surface area contributed by atoms with E-state index in [1.807, 2.05) is 18.2 Å². The molecule has 4 nitrogen and oxygen atoms in total. The number of ether oxygens (including phenoxy) is 1. The summed E-state index contributed by atoms with van der Waals surface area (Å²) in [5.74, 6) is 0.642. The van der Waals surface area contributed by atoms with Gasteiger partial charge in [0.2, 0.25) is 0 Å². The normalized spacial score (nSPS) is 28.2. The zero-order valence-electron chi connectivity index (χ0n) is 10.5. The zero-order valence-corrected chi connectivity index (χ0v) is 10.5. The topological polar surface area (TPSA) is 50.9 Å². The molecule has 0 saturated carbocycles. The van der Waals surface area contributed by atoms with Crippen LogP contribution in [-0.4, -0.2) is 31.3 Å². The first-order chi connectivity index (χ1) is 8.82. The third kappa shape index (κ3) is 1.86. The minimum atomic E-state index is 0.0297. The number of benzene rings is 1. The Morgan fingerprint density at radius 2 is 2.00 bits per heavy atom.